The molecule has 2 rings (SSSR count). The fourth-order valence-electron chi connectivity index (χ4n) is 3.26. The highest BCUT2D eigenvalue weighted by Gasteiger charge is 2.53. The zero-order valence-corrected chi connectivity index (χ0v) is 20.1. The van der Waals surface area contributed by atoms with E-state index in [4.69, 9.17) is 23.7 Å². The van der Waals surface area contributed by atoms with Crippen molar-refractivity contribution < 1.29 is 51.3 Å². The topological polar surface area (TPSA) is 161 Å². The number of carbonyl (C=O) groups is 4. The lowest BCUT2D eigenvalue weighted by molar-refractivity contribution is -0.254. The normalized spacial score (nSPS) is 24.6. The molecule has 34 heavy (non-hydrogen) atoms. The highest BCUT2D eigenvalue weighted by atomic mass is 32.2. The summed E-state index contributed by atoms with van der Waals surface area (Å²) in [4.78, 5) is 46.6. The van der Waals surface area contributed by atoms with E-state index in [9.17, 15) is 27.6 Å². The molecule has 1 fully saturated rings. The summed E-state index contributed by atoms with van der Waals surface area (Å²) in [7, 11) is -4.21. The van der Waals surface area contributed by atoms with Crippen molar-refractivity contribution >= 4 is 33.9 Å². The molecule has 1 heterocycles. The Morgan fingerprint density at radius 3 is 1.82 bits per heavy atom. The number of hydrogen-bond donors (Lipinski definition) is 1. The fourth-order valence-corrected chi connectivity index (χ4v) is 4.39. The minimum absolute atomic E-state index is 0.106. The van der Waals surface area contributed by atoms with Gasteiger partial charge in [-0.25, -0.2) is 8.42 Å². The number of hydrogen-bond acceptors (Lipinski definition) is 11. The molecule has 0 radical (unpaired) electrons. The lowest BCUT2D eigenvalue weighted by Gasteiger charge is -2.44. The van der Waals surface area contributed by atoms with E-state index in [1.165, 1.54) is 12.1 Å². The molecule has 12 nitrogen and oxygen atoms in total. The molecule has 0 saturated carbocycles. The third kappa shape index (κ3) is 7.50. The highest BCUT2D eigenvalue weighted by Crippen LogP contribution is 2.29. The molecule has 188 valence electrons. The molecule has 13 heteroatoms. The van der Waals surface area contributed by atoms with Crippen LogP contribution < -0.4 is 4.72 Å². The first kappa shape index (κ1) is 27.2. The van der Waals surface area contributed by atoms with Gasteiger partial charge in [-0.2, -0.15) is 4.72 Å². The van der Waals surface area contributed by atoms with E-state index < -0.39 is 71.2 Å². The Balaban J connectivity index is 2.50. The maximum atomic E-state index is 13.0. The largest absolute Gasteiger partial charge is 0.463 e. The number of carbonyl (C=O) groups excluding carboxylic acids is 4. The predicted molar refractivity (Wildman–Crippen MR) is 113 cm³/mol. The van der Waals surface area contributed by atoms with E-state index >= 15 is 0 Å². The molecule has 1 aromatic rings. The van der Waals surface area contributed by atoms with Crippen molar-refractivity contribution in [1.82, 2.24) is 4.72 Å². The number of ether oxygens (including phenoxy) is 5. The summed E-state index contributed by atoms with van der Waals surface area (Å²) >= 11 is 0. The van der Waals surface area contributed by atoms with E-state index in [0.29, 0.717) is 0 Å². The summed E-state index contributed by atoms with van der Waals surface area (Å²) in [6.45, 7) is 5.65. The van der Waals surface area contributed by atoms with Gasteiger partial charge < -0.3 is 23.7 Å². The number of aryl methyl sites for hydroxylation is 1. The Morgan fingerprint density at radius 1 is 0.824 bits per heavy atom. The Labute approximate surface area is 196 Å². The van der Waals surface area contributed by atoms with Crippen LogP contribution in [0, 0.1) is 6.92 Å². The molecular formula is C21H27NO11S. The fraction of sp³-hybridized carbons (Fsp3) is 0.524. The van der Waals surface area contributed by atoms with Gasteiger partial charge in [0.15, 0.2) is 24.5 Å². The van der Waals surface area contributed by atoms with Gasteiger partial charge in [-0.1, -0.05) is 17.7 Å². The second kappa shape index (κ2) is 11.4. The minimum atomic E-state index is -4.21. The van der Waals surface area contributed by atoms with Crippen LogP contribution in [0.1, 0.15) is 33.3 Å². The Morgan fingerprint density at radius 2 is 1.32 bits per heavy atom. The maximum absolute atomic E-state index is 13.0. The van der Waals surface area contributed by atoms with Crippen molar-refractivity contribution in [3.8, 4) is 0 Å². The molecule has 1 aromatic carbocycles. The molecule has 0 unspecified atom stereocenters. The molecule has 0 aromatic heterocycles. The van der Waals surface area contributed by atoms with Crippen LogP contribution in [0.15, 0.2) is 29.2 Å². The van der Waals surface area contributed by atoms with Crippen molar-refractivity contribution in [3.05, 3.63) is 29.8 Å². The molecule has 1 N–H and O–H groups in total. The van der Waals surface area contributed by atoms with Gasteiger partial charge in [0.1, 0.15) is 12.7 Å². The maximum Gasteiger partial charge on any atom is 0.303 e. The van der Waals surface area contributed by atoms with Crippen LogP contribution in [0.4, 0.5) is 0 Å². The number of nitrogens with one attached hydrogen (secondary N) is 1. The van der Waals surface area contributed by atoms with Crippen LogP contribution >= 0.6 is 0 Å². The second-order valence-corrected chi connectivity index (χ2v) is 9.27. The molecule has 5 atom stereocenters. The van der Waals surface area contributed by atoms with E-state index in [-0.39, 0.29) is 4.90 Å². The van der Waals surface area contributed by atoms with Crippen molar-refractivity contribution in [1.29, 1.82) is 0 Å². The molecule has 0 aliphatic carbocycles. The van der Waals surface area contributed by atoms with Gasteiger partial charge >= 0.3 is 23.9 Å². The third-order valence-corrected chi connectivity index (χ3v) is 6.03. The van der Waals surface area contributed by atoms with Crippen LogP contribution in [-0.4, -0.2) is 69.5 Å². The zero-order chi connectivity index (χ0) is 25.6. The average molecular weight is 502 g/mol. The number of benzene rings is 1. The first-order chi connectivity index (χ1) is 15.8. The summed E-state index contributed by atoms with van der Waals surface area (Å²) in [5.41, 5.74) is 0.825. The van der Waals surface area contributed by atoms with Crippen LogP contribution in [0.3, 0.4) is 0 Å². The molecule has 1 aliphatic rings. The van der Waals surface area contributed by atoms with Gasteiger partial charge in [-0.15, -0.1) is 0 Å². The van der Waals surface area contributed by atoms with Gasteiger partial charge in [0.05, 0.1) is 4.90 Å². The monoisotopic (exact) mass is 501 g/mol. The number of sulfonamides is 1. The van der Waals surface area contributed by atoms with Gasteiger partial charge in [0.25, 0.3) is 0 Å². The lowest BCUT2D eigenvalue weighted by atomic mass is 9.97. The molecule has 0 spiro atoms. The first-order valence-electron chi connectivity index (χ1n) is 10.2. The van der Waals surface area contributed by atoms with Crippen molar-refractivity contribution in [2.24, 2.45) is 0 Å². The lowest BCUT2D eigenvalue weighted by Crippen LogP contribution is -2.66. The molecule has 0 amide bonds. The van der Waals surface area contributed by atoms with Gasteiger partial charge in [-0.05, 0) is 19.1 Å². The van der Waals surface area contributed by atoms with E-state index in [2.05, 4.69) is 4.72 Å². The Bertz CT molecular complexity index is 1020. The van der Waals surface area contributed by atoms with Crippen molar-refractivity contribution in [3.63, 3.8) is 0 Å². The van der Waals surface area contributed by atoms with E-state index in [1.807, 2.05) is 0 Å². The summed E-state index contributed by atoms with van der Waals surface area (Å²) in [6, 6.07) is 5.90. The average Bonchev–Trinajstić information content (AvgIpc) is 2.70. The van der Waals surface area contributed by atoms with Gasteiger partial charge in [0.2, 0.25) is 10.0 Å². The Hall–Kier alpha value is -3.03. The van der Waals surface area contributed by atoms with E-state index in [0.717, 1.165) is 33.3 Å². The number of esters is 4. The highest BCUT2D eigenvalue weighted by molar-refractivity contribution is 7.89. The molecule has 0 bridgehead atoms. The Kier molecular flexibility index (Phi) is 9.13. The minimum Gasteiger partial charge on any atom is -0.463 e. The molecule has 1 saturated heterocycles. The number of rotatable bonds is 8. The van der Waals surface area contributed by atoms with Crippen molar-refractivity contribution in [2.75, 3.05) is 6.61 Å². The smallest absolute Gasteiger partial charge is 0.303 e. The molecule has 1 aliphatic heterocycles. The van der Waals surface area contributed by atoms with Crippen LogP contribution in [0.25, 0.3) is 0 Å². The third-order valence-electron chi connectivity index (χ3n) is 4.59. The summed E-state index contributed by atoms with van der Waals surface area (Å²) in [5, 5.41) is 0. The molecular weight excluding hydrogens is 474 g/mol. The standard InChI is InChI=1S/C21H27NO11S/c1-11-6-8-16(9-7-11)34(27,28)22-21-20(32-15(5)26)19(31-14(4)25)18(30-13(3)24)17(33-21)10-29-12(2)23/h6-9,17-22H,10H2,1-5H3/t17-,18+,19+,20-,21-/m1/s1. The van der Waals surface area contributed by atoms with Gasteiger partial charge in [-0.3, -0.25) is 19.2 Å². The zero-order valence-electron chi connectivity index (χ0n) is 19.3. The predicted octanol–water partition coefficient (Wildman–Crippen LogP) is 0.356. The van der Waals surface area contributed by atoms with Crippen LogP contribution in [0.5, 0.6) is 0 Å². The summed E-state index contributed by atoms with van der Waals surface area (Å²) in [5.74, 6) is -3.15. The second-order valence-electron chi connectivity index (χ2n) is 7.55. The SMILES string of the molecule is CC(=O)OC[C@H]1O[C@@H](NS(=O)(=O)c2ccc(C)cc2)[C@H](OC(C)=O)[C@@H](OC(C)=O)[C@H]1OC(C)=O. The van der Waals surface area contributed by atoms with E-state index in [1.54, 1.807) is 19.1 Å². The first-order valence-corrected chi connectivity index (χ1v) is 11.7. The summed E-state index contributed by atoms with van der Waals surface area (Å²) in [6.07, 6.45) is -7.27. The van der Waals surface area contributed by atoms with Crippen LogP contribution in [-0.2, 0) is 52.9 Å². The van der Waals surface area contributed by atoms with Crippen LogP contribution in [0.2, 0.25) is 0 Å². The summed E-state index contributed by atoms with van der Waals surface area (Å²) < 4.78 is 54.7. The quantitative estimate of drug-likeness (QED) is 0.387. The van der Waals surface area contributed by atoms with Gasteiger partial charge in [0, 0.05) is 27.7 Å². The van der Waals surface area contributed by atoms with Crippen molar-refractivity contribution in [2.45, 2.75) is 70.2 Å².